The van der Waals surface area contributed by atoms with E-state index in [1.165, 1.54) is 6.33 Å². The van der Waals surface area contributed by atoms with Gasteiger partial charge in [0.05, 0.1) is 25.2 Å². The minimum atomic E-state index is -0.663. The number of aliphatic hydroxyl groups is 1. The molecule has 1 fully saturated rings. The van der Waals surface area contributed by atoms with Crippen molar-refractivity contribution in [2.45, 2.75) is 51.6 Å². The first-order valence-electron chi connectivity index (χ1n) is 9.50. The Morgan fingerprint density at radius 2 is 1.96 bits per heavy atom. The highest BCUT2D eigenvalue weighted by molar-refractivity contribution is 5.68. The van der Waals surface area contributed by atoms with E-state index in [9.17, 15) is 9.90 Å². The second-order valence-corrected chi connectivity index (χ2v) is 8.21. The Labute approximate surface area is 165 Å². The molecule has 2 atom stereocenters. The van der Waals surface area contributed by atoms with Crippen LogP contribution in [0.2, 0.25) is 0 Å². The Balaban J connectivity index is 1.77. The minimum Gasteiger partial charge on any atom is -0.444 e. The molecule has 152 valence electrons. The summed E-state index contributed by atoms with van der Waals surface area (Å²) in [5.74, 6) is 0.804. The van der Waals surface area contributed by atoms with E-state index in [1.807, 2.05) is 46.0 Å². The van der Waals surface area contributed by atoms with Gasteiger partial charge in [-0.2, -0.15) is 5.10 Å². The summed E-state index contributed by atoms with van der Waals surface area (Å²) in [6.07, 6.45) is 0.463. The van der Waals surface area contributed by atoms with Crippen LogP contribution in [-0.2, 0) is 24.9 Å². The molecule has 28 heavy (non-hydrogen) atoms. The Kier molecular flexibility index (Phi) is 6.00. The van der Waals surface area contributed by atoms with Crippen LogP contribution in [0.3, 0.4) is 0 Å². The van der Waals surface area contributed by atoms with Crippen molar-refractivity contribution in [1.82, 2.24) is 24.6 Å². The van der Waals surface area contributed by atoms with Crippen molar-refractivity contribution >= 4 is 6.09 Å². The van der Waals surface area contributed by atoms with E-state index < -0.39 is 17.8 Å². The third-order valence-corrected chi connectivity index (χ3v) is 4.76. The highest BCUT2D eigenvalue weighted by atomic mass is 16.6. The number of ether oxygens (including phenoxy) is 1. The molecule has 0 saturated carbocycles. The van der Waals surface area contributed by atoms with Crippen molar-refractivity contribution in [1.29, 1.82) is 0 Å². The number of hydrogen-bond donors (Lipinski definition) is 1. The summed E-state index contributed by atoms with van der Waals surface area (Å²) in [7, 11) is 1.85. The highest BCUT2D eigenvalue weighted by Gasteiger charge is 2.39. The molecule has 1 amide bonds. The molecule has 0 bridgehead atoms. The Bertz CT molecular complexity index is 787. The minimum absolute atomic E-state index is 0.218. The molecule has 0 radical (unpaired) electrons. The Morgan fingerprint density at radius 1 is 1.25 bits per heavy atom. The molecule has 2 aromatic rings. The molecule has 8 nitrogen and oxygen atoms in total. The van der Waals surface area contributed by atoms with Crippen molar-refractivity contribution < 1.29 is 14.6 Å². The molecule has 2 heterocycles. The molecule has 0 spiro atoms. The standard InChI is InChI=1S/C20H29N5O3/c1-20(2,3)28-19(27)25-11-16(17(26)12-25)24(10-15-8-6-5-7-9-15)13-18-21-14-22-23(18)4/h5-9,14,16-17,26H,10-13H2,1-4H3/t16-,17-/m1/s1. The van der Waals surface area contributed by atoms with E-state index in [4.69, 9.17) is 4.74 Å². The van der Waals surface area contributed by atoms with Gasteiger partial charge in [-0.25, -0.2) is 9.78 Å². The summed E-state index contributed by atoms with van der Waals surface area (Å²) in [6, 6.07) is 9.85. The molecule has 0 unspecified atom stereocenters. The summed E-state index contributed by atoms with van der Waals surface area (Å²) in [4.78, 5) is 20.5. The number of hydrogen-bond acceptors (Lipinski definition) is 6. The number of carbonyl (C=O) groups excluding carboxylic acids is 1. The number of aliphatic hydroxyl groups excluding tert-OH is 1. The summed E-state index contributed by atoms with van der Waals surface area (Å²) in [6.45, 7) is 7.33. The number of rotatable bonds is 5. The van der Waals surface area contributed by atoms with Crippen LogP contribution in [0.25, 0.3) is 0 Å². The lowest BCUT2D eigenvalue weighted by molar-refractivity contribution is 0.0269. The van der Waals surface area contributed by atoms with Crippen LogP contribution in [0.15, 0.2) is 36.7 Å². The number of aromatic nitrogens is 3. The molecule has 1 aromatic heterocycles. The fraction of sp³-hybridized carbons (Fsp3) is 0.550. The predicted octanol–water partition coefficient (Wildman–Crippen LogP) is 1.80. The van der Waals surface area contributed by atoms with Gasteiger partial charge in [0.1, 0.15) is 17.8 Å². The lowest BCUT2D eigenvalue weighted by atomic mass is 10.1. The second-order valence-electron chi connectivity index (χ2n) is 8.21. The molecular formula is C20H29N5O3. The number of carbonyl (C=O) groups is 1. The van der Waals surface area contributed by atoms with Crippen LogP contribution < -0.4 is 0 Å². The van der Waals surface area contributed by atoms with Gasteiger partial charge in [0, 0.05) is 20.1 Å². The van der Waals surface area contributed by atoms with Crippen molar-refractivity contribution in [3.8, 4) is 0 Å². The molecular weight excluding hydrogens is 358 g/mol. The van der Waals surface area contributed by atoms with Crippen molar-refractivity contribution in [2.75, 3.05) is 13.1 Å². The van der Waals surface area contributed by atoms with Crippen molar-refractivity contribution in [2.24, 2.45) is 7.05 Å². The fourth-order valence-corrected chi connectivity index (χ4v) is 3.36. The van der Waals surface area contributed by atoms with Gasteiger partial charge in [-0.15, -0.1) is 0 Å². The largest absolute Gasteiger partial charge is 0.444 e. The van der Waals surface area contributed by atoms with Gasteiger partial charge in [-0.1, -0.05) is 30.3 Å². The average molecular weight is 387 g/mol. The van der Waals surface area contributed by atoms with Crippen LogP contribution in [0.5, 0.6) is 0 Å². The van der Waals surface area contributed by atoms with Crippen molar-refractivity contribution in [3.63, 3.8) is 0 Å². The number of benzene rings is 1. The van der Waals surface area contributed by atoms with E-state index in [0.29, 0.717) is 19.6 Å². The predicted molar refractivity (Wildman–Crippen MR) is 104 cm³/mol. The molecule has 1 aliphatic rings. The van der Waals surface area contributed by atoms with Crippen LogP contribution in [-0.4, -0.2) is 66.6 Å². The van der Waals surface area contributed by atoms with E-state index in [1.54, 1.807) is 9.58 Å². The lowest BCUT2D eigenvalue weighted by Crippen LogP contribution is -2.43. The first kappa shape index (κ1) is 20.3. The number of aryl methyl sites for hydroxylation is 1. The zero-order valence-corrected chi connectivity index (χ0v) is 16.9. The highest BCUT2D eigenvalue weighted by Crippen LogP contribution is 2.22. The summed E-state index contributed by atoms with van der Waals surface area (Å²) in [5, 5.41) is 14.9. The first-order chi connectivity index (χ1) is 13.2. The molecule has 3 rings (SSSR count). The van der Waals surface area contributed by atoms with Gasteiger partial charge in [0.2, 0.25) is 0 Å². The van der Waals surface area contributed by atoms with Gasteiger partial charge in [0.15, 0.2) is 0 Å². The molecule has 1 aromatic carbocycles. The summed E-state index contributed by atoms with van der Waals surface area (Å²) < 4.78 is 7.20. The zero-order valence-electron chi connectivity index (χ0n) is 16.9. The van der Waals surface area contributed by atoms with Crippen LogP contribution >= 0.6 is 0 Å². The quantitative estimate of drug-likeness (QED) is 0.842. The SMILES string of the molecule is Cn1ncnc1CN(Cc1ccccc1)[C@@H]1CN(C(=O)OC(C)(C)C)C[C@H]1O. The fourth-order valence-electron chi connectivity index (χ4n) is 3.36. The lowest BCUT2D eigenvalue weighted by Gasteiger charge is -2.30. The van der Waals surface area contributed by atoms with E-state index in [-0.39, 0.29) is 12.6 Å². The van der Waals surface area contributed by atoms with E-state index in [2.05, 4.69) is 27.1 Å². The van der Waals surface area contributed by atoms with Gasteiger partial charge in [0.25, 0.3) is 0 Å². The van der Waals surface area contributed by atoms with Crippen LogP contribution in [0.1, 0.15) is 32.2 Å². The number of likely N-dealkylation sites (tertiary alicyclic amines) is 1. The normalized spacial score (nSPS) is 20.0. The summed E-state index contributed by atoms with van der Waals surface area (Å²) in [5.41, 5.74) is 0.565. The third-order valence-electron chi connectivity index (χ3n) is 4.76. The zero-order chi connectivity index (χ0) is 20.3. The van der Waals surface area contributed by atoms with Gasteiger partial charge < -0.3 is 14.7 Å². The average Bonchev–Trinajstić information content (AvgIpc) is 3.20. The number of β-amino-alcohol motifs (C(OH)–C–C–N with tert-alkyl or cyclic N) is 1. The molecule has 1 saturated heterocycles. The molecule has 8 heteroatoms. The van der Waals surface area contributed by atoms with Crippen LogP contribution in [0.4, 0.5) is 4.79 Å². The van der Waals surface area contributed by atoms with Gasteiger partial charge in [-0.3, -0.25) is 9.58 Å². The van der Waals surface area contributed by atoms with Crippen molar-refractivity contribution in [3.05, 3.63) is 48.0 Å². The number of amides is 1. The molecule has 1 aliphatic heterocycles. The maximum absolute atomic E-state index is 12.5. The summed E-state index contributed by atoms with van der Waals surface area (Å²) >= 11 is 0. The Morgan fingerprint density at radius 3 is 2.57 bits per heavy atom. The van der Waals surface area contributed by atoms with Gasteiger partial charge >= 0.3 is 6.09 Å². The number of nitrogens with zero attached hydrogens (tertiary/aromatic N) is 5. The maximum Gasteiger partial charge on any atom is 0.410 e. The smallest absolute Gasteiger partial charge is 0.410 e. The van der Waals surface area contributed by atoms with Gasteiger partial charge in [-0.05, 0) is 26.3 Å². The topological polar surface area (TPSA) is 83.7 Å². The monoisotopic (exact) mass is 387 g/mol. The third kappa shape index (κ3) is 5.08. The molecule has 0 aliphatic carbocycles. The molecule has 1 N–H and O–H groups in total. The first-order valence-corrected chi connectivity index (χ1v) is 9.50. The van der Waals surface area contributed by atoms with E-state index in [0.717, 1.165) is 11.4 Å². The second kappa shape index (κ2) is 8.28. The van der Waals surface area contributed by atoms with Crippen LogP contribution in [0, 0.1) is 0 Å². The maximum atomic E-state index is 12.5. The Hall–Kier alpha value is -2.45. The van der Waals surface area contributed by atoms with E-state index >= 15 is 0 Å².